The Morgan fingerprint density at radius 1 is 1.27 bits per heavy atom. The zero-order valence-electron chi connectivity index (χ0n) is 14.4. The molecule has 2 heterocycles. The molecular formula is C19H21N3O4. The minimum absolute atomic E-state index is 0.222. The molecule has 2 aromatic rings. The SMILES string of the molecule is N#Cc1ccc(COCc2cc(C(=O)NCC3CCOCC3)no2)cc1. The van der Waals surface area contributed by atoms with Crippen molar-refractivity contribution in [2.45, 2.75) is 26.1 Å². The van der Waals surface area contributed by atoms with Gasteiger partial charge in [0.15, 0.2) is 11.5 Å². The van der Waals surface area contributed by atoms with E-state index in [2.05, 4.69) is 16.5 Å². The first-order chi connectivity index (χ1) is 12.7. The molecule has 1 fully saturated rings. The number of aromatic nitrogens is 1. The van der Waals surface area contributed by atoms with E-state index in [4.69, 9.17) is 19.3 Å². The summed E-state index contributed by atoms with van der Waals surface area (Å²) in [5.41, 5.74) is 1.83. The number of carbonyl (C=O) groups excluding carboxylic acids is 1. The predicted molar refractivity (Wildman–Crippen MR) is 92.0 cm³/mol. The Hall–Kier alpha value is -2.69. The van der Waals surface area contributed by atoms with E-state index in [1.54, 1.807) is 18.2 Å². The number of hydrogen-bond donors (Lipinski definition) is 1. The molecular weight excluding hydrogens is 334 g/mol. The molecule has 1 aromatic heterocycles. The van der Waals surface area contributed by atoms with E-state index in [-0.39, 0.29) is 18.2 Å². The second-order valence-electron chi connectivity index (χ2n) is 6.25. The Balaban J connectivity index is 1.41. The quantitative estimate of drug-likeness (QED) is 0.819. The van der Waals surface area contributed by atoms with E-state index < -0.39 is 0 Å². The highest BCUT2D eigenvalue weighted by molar-refractivity contribution is 5.92. The maximum absolute atomic E-state index is 12.1. The molecule has 7 heteroatoms. The number of nitrogens with one attached hydrogen (secondary N) is 1. The summed E-state index contributed by atoms with van der Waals surface area (Å²) in [7, 11) is 0. The summed E-state index contributed by atoms with van der Waals surface area (Å²) in [5.74, 6) is 0.711. The van der Waals surface area contributed by atoms with E-state index in [0.29, 0.717) is 30.4 Å². The summed E-state index contributed by atoms with van der Waals surface area (Å²) in [6.07, 6.45) is 1.93. The van der Waals surface area contributed by atoms with Crippen LogP contribution < -0.4 is 5.32 Å². The summed E-state index contributed by atoms with van der Waals surface area (Å²) in [5, 5.41) is 15.5. The van der Waals surface area contributed by atoms with Crippen molar-refractivity contribution in [3.05, 3.63) is 52.9 Å². The average Bonchev–Trinajstić information content (AvgIpc) is 3.16. The molecule has 1 aliphatic heterocycles. The minimum Gasteiger partial charge on any atom is -0.381 e. The summed E-state index contributed by atoms with van der Waals surface area (Å²) >= 11 is 0. The van der Waals surface area contributed by atoms with Crippen molar-refractivity contribution in [2.75, 3.05) is 19.8 Å². The molecule has 0 unspecified atom stereocenters. The summed E-state index contributed by atoms with van der Waals surface area (Å²) in [6.45, 7) is 2.74. The maximum Gasteiger partial charge on any atom is 0.273 e. The fourth-order valence-corrected chi connectivity index (χ4v) is 2.71. The standard InChI is InChI=1S/C19H21N3O4/c20-10-14-1-3-16(4-2-14)12-25-13-17-9-18(22-26-17)19(23)21-11-15-5-7-24-8-6-15/h1-4,9,15H,5-8,11-13H2,(H,21,23). The van der Waals surface area contributed by atoms with Crippen molar-refractivity contribution >= 4 is 5.91 Å². The Kier molecular flexibility index (Phi) is 6.36. The van der Waals surface area contributed by atoms with Gasteiger partial charge in [-0.25, -0.2) is 0 Å². The number of rotatable bonds is 7. The lowest BCUT2D eigenvalue weighted by atomic mass is 10.0. The number of ether oxygens (including phenoxy) is 2. The monoisotopic (exact) mass is 355 g/mol. The van der Waals surface area contributed by atoms with Crippen LogP contribution in [0.3, 0.4) is 0 Å². The average molecular weight is 355 g/mol. The van der Waals surface area contributed by atoms with E-state index in [9.17, 15) is 4.79 Å². The lowest BCUT2D eigenvalue weighted by Gasteiger charge is -2.21. The van der Waals surface area contributed by atoms with Crippen LogP contribution in [-0.2, 0) is 22.7 Å². The van der Waals surface area contributed by atoms with Crippen molar-refractivity contribution < 1.29 is 18.8 Å². The molecule has 1 N–H and O–H groups in total. The normalized spacial score (nSPS) is 14.7. The van der Waals surface area contributed by atoms with Gasteiger partial charge >= 0.3 is 0 Å². The first-order valence-corrected chi connectivity index (χ1v) is 8.63. The fourth-order valence-electron chi connectivity index (χ4n) is 2.71. The van der Waals surface area contributed by atoms with Gasteiger partial charge in [-0.3, -0.25) is 4.79 Å². The van der Waals surface area contributed by atoms with E-state index in [0.717, 1.165) is 31.6 Å². The van der Waals surface area contributed by atoms with Crippen LogP contribution in [0.4, 0.5) is 0 Å². The van der Waals surface area contributed by atoms with Crippen molar-refractivity contribution in [2.24, 2.45) is 5.92 Å². The molecule has 1 aliphatic rings. The van der Waals surface area contributed by atoms with Crippen LogP contribution in [0.5, 0.6) is 0 Å². The number of carbonyl (C=O) groups is 1. The molecule has 0 radical (unpaired) electrons. The lowest BCUT2D eigenvalue weighted by molar-refractivity contribution is 0.0641. The van der Waals surface area contributed by atoms with Gasteiger partial charge in [0.25, 0.3) is 5.91 Å². The highest BCUT2D eigenvalue weighted by Crippen LogP contribution is 2.14. The van der Waals surface area contributed by atoms with Crippen molar-refractivity contribution in [3.63, 3.8) is 0 Å². The van der Waals surface area contributed by atoms with E-state index >= 15 is 0 Å². The molecule has 0 saturated carbocycles. The Bertz CT molecular complexity index is 758. The third-order valence-corrected chi connectivity index (χ3v) is 4.28. The first kappa shape index (κ1) is 18.1. The van der Waals surface area contributed by atoms with Crippen LogP contribution >= 0.6 is 0 Å². The molecule has 0 bridgehead atoms. The van der Waals surface area contributed by atoms with Gasteiger partial charge < -0.3 is 19.3 Å². The molecule has 7 nitrogen and oxygen atoms in total. The zero-order chi connectivity index (χ0) is 18.2. The van der Waals surface area contributed by atoms with Gasteiger partial charge in [0.05, 0.1) is 18.2 Å². The predicted octanol–water partition coefficient (Wildman–Crippen LogP) is 2.42. The lowest BCUT2D eigenvalue weighted by Crippen LogP contribution is -2.32. The van der Waals surface area contributed by atoms with Crippen LogP contribution in [0.25, 0.3) is 0 Å². The largest absolute Gasteiger partial charge is 0.381 e. The Morgan fingerprint density at radius 3 is 2.77 bits per heavy atom. The molecule has 0 aliphatic carbocycles. The van der Waals surface area contributed by atoms with Crippen LogP contribution in [-0.4, -0.2) is 30.8 Å². The molecule has 0 atom stereocenters. The van der Waals surface area contributed by atoms with E-state index in [1.165, 1.54) is 0 Å². The Labute approximate surface area is 151 Å². The number of benzene rings is 1. The second kappa shape index (κ2) is 9.13. The topological polar surface area (TPSA) is 97.4 Å². The smallest absolute Gasteiger partial charge is 0.273 e. The van der Waals surface area contributed by atoms with Gasteiger partial charge in [0, 0.05) is 25.8 Å². The number of nitrogens with zero attached hydrogens (tertiary/aromatic N) is 2. The number of hydrogen-bond acceptors (Lipinski definition) is 6. The molecule has 1 saturated heterocycles. The van der Waals surface area contributed by atoms with Crippen molar-refractivity contribution in [3.8, 4) is 6.07 Å². The molecule has 1 aromatic carbocycles. The van der Waals surface area contributed by atoms with Crippen molar-refractivity contribution in [1.29, 1.82) is 5.26 Å². The van der Waals surface area contributed by atoms with Gasteiger partial charge in [-0.2, -0.15) is 5.26 Å². The zero-order valence-corrected chi connectivity index (χ0v) is 14.4. The van der Waals surface area contributed by atoms with Crippen LogP contribution in [0.1, 0.15) is 40.2 Å². The molecule has 3 rings (SSSR count). The van der Waals surface area contributed by atoms with Crippen LogP contribution in [0.2, 0.25) is 0 Å². The van der Waals surface area contributed by atoms with Gasteiger partial charge in [-0.05, 0) is 36.5 Å². The highest BCUT2D eigenvalue weighted by Gasteiger charge is 2.17. The second-order valence-corrected chi connectivity index (χ2v) is 6.25. The van der Waals surface area contributed by atoms with Gasteiger partial charge in [-0.1, -0.05) is 17.3 Å². The van der Waals surface area contributed by atoms with Gasteiger partial charge in [-0.15, -0.1) is 0 Å². The molecule has 0 spiro atoms. The number of amides is 1. The number of nitriles is 1. The fraction of sp³-hybridized carbons (Fsp3) is 0.421. The molecule has 26 heavy (non-hydrogen) atoms. The third-order valence-electron chi connectivity index (χ3n) is 4.28. The first-order valence-electron chi connectivity index (χ1n) is 8.63. The molecule has 1 amide bonds. The minimum atomic E-state index is -0.237. The molecule has 136 valence electrons. The summed E-state index contributed by atoms with van der Waals surface area (Å²) in [4.78, 5) is 12.1. The van der Waals surface area contributed by atoms with Crippen molar-refractivity contribution in [1.82, 2.24) is 10.5 Å². The highest BCUT2D eigenvalue weighted by atomic mass is 16.5. The Morgan fingerprint density at radius 2 is 2.04 bits per heavy atom. The maximum atomic E-state index is 12.1. The van der Waals surface area contributed by atoms with E-state index in [1.807, 2.05) is 12.1 Å². The van der Waals surface area contributed by atoms with Crippen LogP contribution in [0.15, 0.2) is 34.9 Å². The third kappa shape index (κ3) is 5.15. The van der Waals surface area contributed by atoms with Gasteiger partial charge in [0.2, 0.25) is 0 Å². The summed E-state index contributed by atoms with van der Waals surface area (Å²) in [6, 6.07) is 10.8. The van der Waals surface area contributed by atoms with Crippen LogP contribution in [0, 0.1) is 17.2 Å². The van der Waals surface area contributed by atoms with Gasteiger partial charge in [0.1, 0.15) is 6.61 Å². The summed E-state index contributed by atoms with van der Waals surface area (Å²) < 4.78 is 16.0.